The third kappa shape index (κ3) is 2.02. The molecule has 2 rings (SSSR count). The van der Waals surface area contributed by atoms with Crippen molar-refractivity contribution in [3.63, 3.8) is 0 Å². The number of nitrogens with two attached hydrogens (primary N) is 2. The number of hydrogen-bond donors (Lipinski definition) is 4. The van der Waals surface area contributed by atoms with E-state index >= 15 is 0 Å². The summed E-state index contributed by atoms with van der Waals surface area (Å²) in [7, 11) is 0. The monoisotopic (exact) mass is 205 g/mol. The van der Waals surface area contributed by atoms with Crippen LogP contribution in [0.25, 0.3) is 0 Å². The molecule has 0 amide bonds. The number of hydrazine groups is 1. The molecule has 0 atom stereocenters. The SMILES string of the molecule is NNC(N)=Nc1cccc2c1CCCN2. The van der Waals surface area contributed by atoms with Crippen molar-refractivity contribution in [3.8, 4) is 0 Å². The topological polar surface area (TPSA) is 88.5 Å². The average molecular weight is 205 g/mol. The van der Waals surface area contributed by atoms with Crippen molar-refractivity contribution < 1.29 is 0 Å². The highest BCUT2D eigenvalue weighted by molar-refractivity contribution is 5.81. The van der Waals surface area contributed by atoms with Gasteiger partial charge in [-0.1, -0.05) is 6.07 Å². The molecule has 1 heterocycles. The average Bonchev–Trinajstić information content (AvgIpc) is 2.29. The Kier molecular flexibility index (Phi) is 2.73. The number of nitrogens with one attached hydrogen (secondary N) is 2. The van der Waals surface area contributed by atoms with Crippen LogP contribution in [0.5, 0.6) is 0 Å². The van der Waals surface area contributed by atoms with Gasteiger partial charge in [0, 0.05) is 17.8 Å². The van der Waals surface area contributed by atoms with E-state index in [1.807, 2.05) is 12.1 Å². The van der Waals surface area contributed by atoms with Crippen LogP contribution in [0.15, 0.2) is 23.2 Å². The summed E-state index contributed by atoms with van der Waals surface area (Å²) in [5, 5.41) is 3.33. The van der Waals surface area contributed by atoms with Gasteiger partial charge in [0.1, 0.15) is 0 Å². The minimum Gasteiger partial charge on any atom is -0.385 e. The summed E-state index contributed by atoms with van der Waals surface area (Å²) in [5.41, 5.74) is 11.1. The fourth-order valence-electron chi connectivity index (χ4n) is 1.76. The Bertz CT molecular complexity index is 385. The predicted molar refractivity (Wildman–Crippen MR) is 61.9 cm³/mol. The van der Waals surface area contributed by atoms with Gasteiger partial charge in [-0.3, -0.25) is 5.43 Å². The van der Waals surface area contributed by atoms with Crippen LogP contribution < -0.4 is 22.3 Å². The highest BCUT2D eigenvalue weighted by Gasteiger charge is 2.11. The van der Waals surface area contributed by atoms with Crippen LogP contribution >= 0.6 is 0 Å². The third-order valence-corrected chi connectivity index (χ3v) is 2.46. The fourth-order valence-corrected chi connectivity index (χ4v) is 1.76. The van der Waals surface area contributed by atoms with E-state index in [1.165, 1.54) is 5.56 Å². The van der Waals surface area contributed by atoms with Gasteiger partial charge in [-0.2, -0.15) is 0 Å². The van der Waals surface area contributed by atoms with Crippen molar-refractivity contribution >= 4 is 17.3 Å². The maximum absolute atomic E-state index is 5.53. The molecule has 1 aliphatic heterocycles. The number of anilines is 1. The Labute approximate surface area is 88.5 Å². The first-order valence-electron chi connectivity index (χ1n) is 4.98. The van der Waals surface area contributed by atoms with Crippen LogP contribution in [0.2, 0.25) is 0 Å². The second-order valence-electron chi connectivity index (χ2n) is 3.47. The summed E-state index contributed by atoms with van der Waals surface area (Å²) >= 11 is 0. The molecule has 6 N–H and O–H groups in total. The molecular weight excluding hydrogens is 190 g/mol. The van der Waals surface area contributed by atoms with Gasteiger partial charge in [-0.15, -0.1) is 0 Å². The molecule has 0 radical (unpaired) electrons. The van der Waals surface area contributed by atoms with E-state index in [0.717, 1.165) is 30.8 Å². The molecule has 80 valence electrons. The minimum absolute atomic E-state index is 0.231. The Morgan fingerprint density at radius 3 is 3.13 bits per heavy atom. The van der Waals surface area contributed by atoms with E-state index < -0.39 is 0 Å². The number of aliphatic imine (C=N–C) groups is 1. The van der Waals surface area contributed by atoms with E-state index in [2.05, 4.69) is 21.8 Å². The number of fused-ring (bicyclic) bond motifs is 1. The number of hydrogen-bond acceptors (Lipinski definition) is 3. The summed E-state index contributed by atoms with van der Waals surface area (Å²) in [4.78, 5) is 4.21. The van der Waals surface area contributed by atoms with Gasteiger partial charge in [-0.05, 0) is 25.0 Å². The van der Waals surface area contributed by atoms with Crippen molar-refractivity contribution in [2.24, 2.45) is 16.6 Å². The lowest BCUT2D eigenvalue weighted by molar-refractivity contribution is 0.830. The summed E-state index contributed by atoms with van der Waals surface area (Å²) in [6.45, 7) is 1.02. The molecule has 0 aliphatic carbocycles. The van der Waals surface area contributed by atoms with E-state index in [9.17, 15) is 0 Å². The third-order valence-electron chi connectivity index (χ3n) is 2.46. The first kappa shape index (κ1) is 9.79. The van der Waals surface area contributed by atoms with E-state index in [0.29, 0.717) is 0 Å². The molecule has 0 saturated heterocycles. The van der Waals surface area contributed by atoms with Crippen LogP contribution in [0.3, 0.4) is 0 Å². The number of rotatable bonds is 1. The zero-order valence-corrected chi connectivity index (χ0v) is 8.46. The lowest BCUT2D eigenvalue weighted by Crippen LogP contribution is -2.36. The van der Waals surface area contributed by atoms with Gasteiger partial charge in [0.05, 0.1) is 5.69 Å². The van der Waals surface area contributed by atoms with Crippen LogP contribution in [0.1, 0.15) is 12.0 Å². The molecule has 0 fully saturated rings. The molecule has 0 aromatic heterocycles. The molecule has 1 aromatic carbocycles. The Morgan fingerprint density at radius 1 is 1.47 bits per heavy atom. The second-order valence-corrected chi connectivity index (χ2v) is 3.47. The summed E-state index contributed by atoms with van der Waals surface area (Å²) in [5.74, 6) is 5.41. The van der Waals surface area contributed by atoms with E-state index in [-0.39, 0.29) is 5.96 Å². The zero-order valence-electron chi connectivity index (χ0n) is 8.46. The van der Waals surface area contributed by atoms with Crippen molar-refractivity contribution in [3.05, 3.63) is 23.8 Å². The highest BCUT2D eigenvalue weighted by Crippen LogP contribution is 2.30. The Hall–Kier alpha value is -1.75. The summed E-state index contributed by atoms with van der Waals surface area (Å²) in [6, 6.07) is 5.95. The molecule has 1 aromatic rings. The highest BCUT2D eigenvalue weighted by atomic mass is 15.3. The Morgan fingerprint density at radius 2 is 2.33 bits per heavy atom. The van der Waals surface area contributed by atoms with Gasteiger partial charge in [0.2, 0.25) is 5.96 Å². The first-order chi connectivity index (χ1) is 7.31. The van der Waals surface area contributed by atoms with Gasteiger partial charge >= 0.3 is 0 Å². The minimum atomic E-state index is 0.231. The Balaban J connectivity index is 2.39. The maximum atomic E-state index is 5.53. The first-order valence-corrected chi connectivity index (χ1v) is 4.98. The molecule has 0 bridgehead atoms. The quantitative estimate of drug-likeness (QED) is 0.232. The van der Waals surface area contributed by atoms with Crippen molar-refractivity contribution in [1.29, 1.82) is 0 Å². The van der Waals surface area contributed by atoms with Gasteiger partial charge in [0.15, 0.2) is 0 Å². The van der Waals surface area contributed by atoms with Crippen LogP contribution in [0.4, 0.5) is 11.4 Å². The molecular formula is C10H15N5. The van der Waals surface area contributed by atoms with E-state index in [1.54, 1.807) is 0 Å². The number of guanidine groups is 1. The lowest BCUT2D eigenvalue weighted by Gasteiger charge is -2.19. The fraction of sp³-hybridized carbons (Fsp3) is 0.300. The molecule has 15 heavy (non-hydrogen) atoms. The standard InChI is InChI=1S/C10H15N5/c11-10(15-12)14-9-5-1-4-8-7(9)3-2-6-13-8/h1,4-5,13H,2-3,6,12H2,(H3,11,14,15). The zero-order chi connectivity index (χ0) is 10.7. The summed E-state index contributed by atoms with van der Waals surface area (Å²) < 4.78 is 0. The second kappa shape index (κ2) is 4.18. The van der Waals surface area contributed by atoms with Crippen LogP contribution in [-0.2, 0) is 6.42 Å². The lowest BCUT2D eigenvalue weighted by atomic mass is 10.0. The van der Waals surface area contributed by atoms with Crippen molar-refractivity contribution in [1.82, 2.24) is 5.43 Å². The molecule has 5 heteroatoms. The van der Waals surface area contributed by atoms with Crippen molar-refractivity contribution in [2.75, 3.05) is 11.9 Å². The smallest absolute Gasteiger partial charge is 0.208 e. The number of benzene rings is 1. The molecule has 0 saturated carbocycles. The number of nitrogens with zero attached hydrogens (tertiary/aromatic N) is 1. The van der Waals surface area contributed by atoms with Gasteiger partial charge < -0.3 is 11.1 Å². The molecule has 1 aliphatic rings. The van der Waals surface area contributed by atoms with E-state index in [4.69, 9.17) is 11.6 Å². The van der Waals surface area contributed by atoms with Crippen molar-refractivity contribution in [2.45, 2.75) is 12.8 Å². The van der Waals surface area contributed by atoms with Gasteiger partial charge in [0.25, 0.3) is 0 Å². The predicted octanol–water partition coefficient (Wildman–Crippen LogP) is 0.454. The van der Waals surface area contributed by atoms with Crippen LogP contribution in [0, 0.1) is 0 Å². The largest absolute Gasteiger partial charge is 0.385 e. The molecule has 5 nitrogen and oxygen atoms in total. The van der Waals surface area contributed by atoms with Crippen LogP contribution in [-0.4, -0.2) is 12.5 Å². The summed E-state index contributed by atoms with van der Waals surface area (Å²) in [6.07, 6.45) is 2.15. The maximum Gasteiger partial charge on any atom is 0.208 e. The van der Waals surface area contributed by atoms with Gasteiger partial charge in [-0.25, -0.2) is 10.8 Å². The molecule has 0 unspecified atom stereocenters. The normalized spacial score (nSPS) is 15.4. The molecule has 0 spiro atoms.